The molecule has 0 aliphatic heterocycles. The van der Waals surface area contributed by atoms with Crippen LogP contribution in [0.2, 0.25) is 0 Å². The van der Waals surface area contributed by atoms with Crippen LogP contribution in [0.25, 0.3) is 72.0 Å². The number of fused-ring (bicyclic) bond motifs is 3. The largest absolute Gasteiger partial charge is 0.310 e. The summed E-state index contributed by atoms with van der Waals surface area (Å²) in [5, 5.41) is 2.53. The molecule has 0 N–H and O–H groups in total. The number of anilines is 3. The summed E-state index contributed by atoms with van der Waals surface area (Å²) in [4.78, 5) is 2.38. The van der Waals surface area contributed by atoms with Crippen molar-refractivity contribution in [2.24, 2.45) is 0 Å². The number of hydrogen-bond donors (Lipinski definition) is 0. The molecule has 0 aliphatic carbocycles. The summed E-state index contributed by atoms with van der Waals surface area (Å²) >= 11 is 0. The third kappa shape index (κ3) is 6.14. The summed E-state index contributed by atoms with van der Waals surface area (Å²) < 4.78 is 2.38. The van der Waals surface area contributed by atoms with E-state index in [4.69, 9.17) is 0 Å². The van der Waals surface area contributed by atoms with Crippen molar-refractivity contribution in [3.8, 4) is 50.2 Å². The maximum Gasteiger partial charge on any atom is 0.0541 e. The molecule has 0 saturated heterocycles. The maximum atomic E-state index is 2.38. The molecule has 1 aromatic heterocycles. The lowest BCUT2D eigenvalue weighted by molar-refractivity contribution is 1.18. The molecular formula is C54H38N2. The van der Waals surface area contributed by atoms with Crippen molar-refractivity contribution in [1.29, 1.82) is 0 Å². The average Bonchev–Trinajstić information content (AvgIpc) is 3.62. The van der Waals surface area contributed by atoms with Gasteiger partial charge in [-0.25, -0.2) is 0 Å². The number of aromatic nitrogens is 1. The highest BCUT2D eigenvalue weighted by Crippen LogP contribution is 2.42. The molecule has 0 bridgehead atoms. The van der Waals surface area contributed by atoms with E-state index < -0.39 is 0 Å². The third-order valence-corrected chi connectivity index (χ3v) is 10.8. The van der Waals surface area contributed by atoms with E-state index in [1.54, 1.807) is 0 Å². The molecule has 9 aromatic carbocycles. The van der Waals surface area contributed by atoms with Crippen LogP contribution in [-0.4, -0.2) is 4.57 Å². The van der Waals surface area contributed by atoms with Gasteiger partial charge < -0.3 is 9.47 Å². The smallest absolute Gasteiger partial charge is 0.0541 e. The lowest BCUT2D eigenvalue weighted by Gasteiger charge is -2.27. The van der Waals surface area contributed by atoms with Crippen molar-refractivity contribution in [2.45, 2.75) is 0 Å². The summed E-state index contributed by atoms with van der Waals surface area (Å²) in [5.74, 6) is 0. The van der Waals surface area contributed by atoms with Gasteiger partial charge in [-0.2, -0.15) is 0 Å². The van der Waals surface area contributed by atoms with Crippen molar-refractivity contribution in [3.63, 3.8) is 0 Å². The lowest BCUT2D eigenvalue weighted by atomic mass is 9.93. The van der Waals surface area contributed by atoms with Crippen molar-refractivity contribution in [3.05, 3.63) is 231 Å². The van der Waals surface area contributed by atoms with Crippen LogP contribution in [0.3, 0.4) is 0 Å². The second kappa shape index (κ2) is 14.4. The Kier molecular flexibility index (Phi) is 8.55. The van der Waals surface area contributed by atoms with Gasteiger partial charge in [-0.3, -0.25) is 0 Å². The van der Waals surface area contributed by atoms with Crippen LogP contribution < -0.4 is 4.90 Å². The molecule has 10 rings (SSSR count). The second-order valence-electron chi connectivity index (χ2n) is 14.2. The zero-order valence-electron chi connectivity index (χ0n) is 30.8. The number of nitrogens with zero attached hydrogens (tertiary/aromatic N) is 2. The highest BCUT2D eigenvalue weighted by atomic mass is 15.1. The van der Waals surface area contributed by atoms with Gasteiger partial charge in [0.25, 0.3) is 0 Å². The zero-order valence-corrected chi connectivity index (χ0v) is 30.8. The Morgan fingerprint density at radius 1 is 0.268 bits per heavy atom. The van der Waals surface area contributed by atoms with Crippen molar-refractivity contribution in [2.75, 3.05) is 4.90 Å². The van der Waals surface area contributed by atoms with Crippen LogP contribution in [0, 0.1) is 0 Å². The van der Waals surface area contributed by atoms with E-state index in [-0.39, 0.29) is 0 Å². The third-order valence-electron chi connectivity index (χ3n) is 10.8. The van der Waals surface area contributed by atoms with E-state index in [1.807, 2.05) is 0 Å². The predicted octanol–water partition coefficient (Wildman–Crippen LogP) is 14.9. The molecule has 2 nitrogen and oxygen atoms in total. The summed E-state index contributed by atoms with van der Waals surface area (Å²) in [6.07, 6.45) is 0. The number of benzene rings is 9. The maximum absolute atomic E-state index is 2.38. The van der Waals surface area contributed by atoms with Crippen LogP contribution >= 0.6 is 0 Å². The fraction of sp³-hybridized carbons (Fsp3) is 0. The van der Waals surface area contributed by atoms with Gasteiger partial charge in [0.05, 0.1) is 11.0 Å². The molecule has 56 heavy (non-hydrogen) atoms. The standard InChI is InChI=1S/C54H38N2/c1-4-15-39(16-5-1)41-27-31-45(32-28-41)55(47-22-14-21-44(37-47)40-17-6-2-7-18-40)48-35-36-49(52(38-48)42-19-8-3-9-20-42)43-29-33-46(34-30-43)56-53-25-12-10-23-50(53)51-24-11-13-26-54(51)56/h1-38H. The van der Waals surface area contributed by atoms with E-state index in [0.29, 0.717) is 0 Å². The monoisotopic (exact) mass is 714 g/mol. The quantitative estimate of drug-likeness (QED) is 0.152. The molecular weight excluding hydrogens is 677 g/mol. The minimum absolute atomic E-state index is 1.09. The zero-order chi connectivity index (χ0) is 37.3. The van der Waals surface area contributed by atoms with Gasteiger partial charge in [-0.1, -0.05) is 170 Å². The summed E-state index contributed by atoms with van der Waals surface area (Å²) in [6.45, 7) is 0. The van der Waals surface area contributed by atoms with Gasteiger partial charge >= 0.3 is 0 Å². The molecule has 0 spiro atoms. The van der Waals surface area contributed by atoms with E-state index >= 15 is 0 Å². The molecule has 0 amide bonds. The van der Waals surface area contributed by atoms with Crippen LogP contribution in [0.4, 0.5) is 17.1 Å². The lowest BCUT2D eigenvalue weighted by Crippen LogP contribution is -2.10. The first-order valence-electron chi connectivity index (χ1n) is 19.2. The Morgan fingerprint density at radius 3 is 1.34 bits per heavy atom. The summed E-state index contributed by atoms with van der Waals surface area (Å²) in [5.41, 5.74) is 16.3. The van der Waals surface area contributed by atoms with Gasteiger partial charge in [0.15, 0.2) is 0 Å². The van der Waals surface area contributed by atoms with Crippen LogP contribution in [-0.2, 0) is 0 Å². The summed E-state index contributed by atoms with van der Waals surface area (Å²) in [6, 6.07) is 83.1. The van der Waals surface area contributed by atoms with Crippen LogP contribution in [0.1, 0.15) is 0 Å². The molecule has 0 unspecified atom stereocenters. The van der Waals surface area contributed by atoms with E-state index in [2.05, 4.69) is 240 Å². The first-order valence-corrected chi connectivity index (χ1v) is 19.2. The average molecular weight is 715 g/mol. The SMILES string of the molecule is c1ccc(-c2ccc(N(c3cccc(-c4ccccc4)c3)c3ccc(-c4ccc(-n5c6ccccc6c6ccccc65)cc4)c(-c4ccccc4)c3)cc2)cc1. The molecule has 10 aromatic rings. The van der Waals surface area contributed by atoms with E-state index in [0.717, 1.165) is 22.7 Å². The second-order valence-corrected chi connectivity index (χ2v) is 14.2. The topological polar surface area (TPSA) is 8.17 Å². The van der Waals surface area contributed by atoms with Gasteiger partial charge in [-0.05, 0) is 105 Å². The Bertz CT molecular complexity index is 2870. The van der Waals surface area contributed by atoms with Gasteiger partial charge in [0.1, 0.15) is 0 Å². The number of rotatable bonds is 8. The minimum atomic E-state index is 1.09. The van der Waals surface area contributed by atoms with Crippen molar-refractivity contribution >= 4 is 38.9 Å². The highest BCUT2D eigenvalue weighted by molar-refractivity contribution is 6.09. The molecule has 0 atom stereocenters. The molecule has 0 radical (unpaired) electrons. The highest BCUT2D eigenvalue weighted by Gasteiger charge is 2.18. The van der Waals surface area contributed by atoms with Gasteiger partial charge in [-0.15, -0.1) is 0 Å². The van der Waals surface area contributed by atoms with Crippen LogP contribution in [0.5, 0.6) is 0 Å². The van der Waals surface area contributed by atoms with Gasteiger partial charge in [0.2, 0.25) is 0 Å². The first-order chi connectivity index (χ1) is 27.8. The molecule has 1 heterocycles. The molecule has 0 aliphatic rings. The molecule has 0 saturated carbocycles. The predicted molar refractivity (Wildman–Crippen MR) is 237 cm³/mol. The number of hydrogen-bond acceptors (Lipinski definition) is 1. The molecule has 2 heteroatoms. The van der Waals surface area contributed by atoms with E-state index in [1.165, 1.54) is 66.3 Å². The Labute approximate surface area is 327 Å². The Balaban J connectivity index is 1.10. The molecule has 0 fully saturated rings. The first kappa shape index (κ1) is 33.2. The number of para-hydroxylation sites is 2. The van der Waals surface area contributed by atoms with Crippen molar-refractivity contribution < 1.29 is 0 Å². The summed E-state index contributed by atoms with van der Waals surface area (Å²) in [7, 11) is 0. The van der Waals surface area contributed by atoms with Crippen LogP contribution in [0.15, 0.2) is 231 Å². The minimum Gasteiger partial charge on any atom is -0.310 e. The Hall–Kier alpha value is -7.42. The Morgan fingerprint density at radius 2 is 0.714 bits per heavy atom. The fourth-order valence-corrected chi connectivity index (χ4v) is 8.11. The normalized spacial score (nSPS) is 11.2. The van der Waals surface area contributed by atoms with Crippen molar-refractivity contribution in [1.82, 2.24) is 4.57 Å². The van der Waals surface area contributed by atoms with Gasteiger partial charge in [0, 0.05) is 33.5 Å². The fourth-order valence-electron chi connectivity index (χ4n) is 8.11. The van der Waals surface area contributed by atoms with E-state index in [9.17, 15) is 0 Å². The molecule has 264 valence electrons.